The summed E-state index contributed by atoms with van der Waals surface area (Å²) in [5, 5.41) is 0.772. The van der Waals surface area contributed by atoms with Crippen LogP contribution in [0.3, 0.4) is 0 Å². The lowest BCUT2D eigenvalue weighted by Crippen LogP contribution is -2.45. The van der Waals surface area contributed by atoms with Crippen molar-refractivity contribution in [2.24, 2.45) is 0 Å². The predicted molar refractivity (Wildman–Crippen MR) is 130 cm³/mol. The first-order chi connectivity index (χ1) is 15.8. The Labute approximate surface area is 203 Å². The average Bonchev–Trinajstić information content (AvgIpc) is 2.80. The van der Waals surface area contributed by atoms with E-state index >= 15 is 0 Å². The van der Waals surface area contributed by atoms with Crippen molar-refractivity contribution in [1.29, 1.82) is 0 Å². The van der Waals surface area contributed by atoms with Crippen LogP contribution in [0.15, 0.2) is 71.6 Å². The summed E-state index contributed by atoms with van der Waals surface area (Å²) < 4.78 is 33.9. The van der Waals surface area contributed by atoms with E-state index in [-0.39, 0.29) is 23.9 Å². The first-order valence-electron chi connectivity index (χ1n) is 10.3. The lowest BCUT2D eigenvalue weighted by Gasteiger charge is -2.31. The van der Waals surface area contributed by atoms with Gasteiger partial charge in [-0.25, -0.2) is 8.42 Å². The summed E-state index contributed by atoms with van der Waals surface area (Å²) in [6, 6.07) is 18.6. The molecule has 172 valence electrons. The third-order valence-corrected chi connectivity index (χ3v) is 7.75. The molecule has 1 heterocycles. The molecule has 4 rings (SSSR count). The molecule has 1 aliphatic heterocycles. The minimum absolute atomic E-state index is 0.0794. The lowest BCUT2D eigenvalue weighted by atomic mass is 10.2. The van der Waals surface area contributed by atoms with E-state index in [0.29, 0.717) is 40.2 Å². The Kier molecular flexibility index (Phi) is 6.95. The van der Waals surface area contributed by atoms with Gasteiger partial charge in [0.25, 0.3) is 0 Å². The molecule has 33 heavy (non-hydrogen) atoms. The van der Waals surface area contributed by atoms with Gasteiger partial charge in [-0.1, -0.05) is 59.1 Å². The summed E-state index contributed by atoms with van der Waals surface area (Å²) in [7, 11) is -3.99. The van der Waals surface area contributed by atoms with Gasteiger partial charge in [-0.3, -0.25) is 4.79 Å². The zero-order chi connectivity index (χ0) is 23.6. The minimum atomic E-state index is -3.99. The Morgan fingerprint density at radius 1 is 1.06 bits per heavy atom. The summed E-state index contributed by atoms with van der Waals surface area (Å²) in [4.78, 5) is 15.0. The Morgan fingerprint density at radius 3 is 2.52 bits per heavy atom. The number of fused-ring (bicyclic) bond motifs is 1. The van der Waals surface area contributed by atoms with E-state index in [1.165, 1.54) is 12.1 Å². The predicted octanol–water partition coefficient (Wildman–Crippen LogP) is 4.92. The molecule has 0 N–H and O–H groups in total. The molecule has 9 heteroatoms. The second-order valence-electron chi connectivity index (χ2n) is 7.68. The summed E-state index contributed by atoms with van der Waals surface area (Å²) in [5.74, 6) is 0.234. The molecule has 1 aliphatic rings. The van der Waals surface area contributed by atoms with E-state index in [2.05, 4.69) is 0 Å². The number of benzene rings is 3. The van der Waals surface area contributed by atoms with E-state index < -0.39 is 10.0 Å². The van der Waals surface area contributed by atoms with Gasteiger partial charge in [0, 0.05) is 16.6 Å². The van der Waals surface area contributed by atoms with Gasteiger partial charge in [0.15, 0.2) is 0 Å². The van der Waals surface area contributed by atoms with Crippen LogP contribution in [0.4, 0.5) is 5.69 Å². The van der Waals surface area contributed by atoms with Crippen molar-refractivity contribution < 1.29 is 17.9 Å². The first-order valence-corrected chi connectivity index (χ1v) is 12.5. The number of ether oxygens (including phenoxy) is 1. The molecule has 0 aliphatic carbocycles. The highest BCUT2D eigenvalue weighted by atomic mass is 35.5. The third kappa shape index (κ3) is 5.17. The molecular weight excluding hydrogens is 483 g/mol. The van der Waals surface area contributed by atoms with E-state index in [0.717, 1.165) is 9.87 Å². The lowest BCUT2D eigenvalue weighted by molar-refractivity contribution is -0.119. The molecule has 0 saturated carbocycles. The van der Waals surface area contributed by atoms with Crippen LogP contribution in [-0.4, -0.2) is 38.3 Å². The average molecular weight is 505 g/mol. The van der Waals surface area contributed by atoms with Crippen LogP contribution in [0.5, 0.6) is 5.75 Å². The van der Waals surface area contributed by atoms with E-state index in [4.69, 9.17) is 27.9 Å². The monoisotopic (exact) mass is 504 g/mol. The second-order valence-corrected chi connectivity index (χ2v) is 10.5. The fourth-order valence-electron chi connectivity index (χ4n) is 3.59. The Bertz CT molecular complexity index is 1280. The number of amides is 1. The van der Waals surface area contributed by atoms with E-state index in [1.54, 1.807) is 47.4 Å². The number of hydrogen-bond donors (Lipinski definition) is 0. The maximum absolute atomic E-state index is 13.6. The van der Waals surface area contributed by atoms with Gasteiger partial charge < -0.3 is 9.64 Å². The third-order valence-electron chi connectivity index (χ3n) is 5.36. The summed E-state index contributed by atoms with van der Waals surface area (Å²) in [5.41, 5.74) is 2.10. The zero-order valence-electron chi connectivity index (χ0n) is 17.9. The largest absolute Gasteiger partial charge is 0.490 e. The van der Waals surface area contributed by atoms with Gasteiger partial charge in [0.1, 0.15) is 12.4 Å². The van der Waals surface area contributed by atoms with Crippen molar-refractivity contribution in [3.63, 3.8) is 0 Å². The topological polar surface area (TPSA) is 66.9 Å². The number of aryl methyl sites for hydroxylation is 1. The summed E-state index contributed by atoms with van der Waals surface area (Å²) >= 11 is 12.3. The van der Waals surface area contributed by atoms with Gasteiger partial charge in [0.2, 0.25) is 15.9 Å². The second kappa shape index (κ2) is 9.73. The highest BCUT2D eigenvalue weighted by Gasteiger charge is 2.31. The number of carbonyl (C=O) groups is 1. The highest BCUT2D eigenvalue weighted by molar-refractivity contribution is 7.89. The SMILES string of the molecule is Cc1ccc(S(=O)(=O)N(CC(=O)N2CCOc3ccccc32)Cc2ccc(Cl)cc2Cl)cc1. The maximum Gasteiger partial charge on any atom is 0.243 e. The van der Waals surface area contributed by atoms with Crippen LogP contribution in [0.25, 0.3) is 0 Å². The molecule has 0 atom stereocenters. The van der Waals surface area contributed by atoms with Gasteiger partial charge in [0.05, 0.1) is 23.7 Å². The molecule has 0 aromatic heterocycles. The van der Waals surface area contributed by atoms with Crippen LogP contribution in [-0.2, 0) is 21.4 Å². The number of rotatable bonds is 6. The Balaban J connectivity index is 1.68. The number of halogens is 2. The zero-order valence-corrected chi connectivity index (χ0v) is 20.2. The summed E-state index contributed by atoms with van der Waals surface area (Å²) in [6.45, 7) is 2.10. The molecule has 3 aromatic rings. The Hall–Kier alpha value is -2.58. The van der Waals surface area contributed by atoms with Crippen LogP contribution in [0.1, 0.15) is 11.1 Å². The fourth-order valence-corrected chi connectivity index (χ4v) is 5.43. The van der Waals surface area contributed by atoms with Crippen molar-refractivity contribution in [1.82, 2.24) is 4.31 Å². The van der Waals surface area contributed by atoms with Crippen LogP contribution >= 0.6 is 23.2 Å². The van der Waals surface area contributed by atoms with E-state index in [9.17, 15) is 13.2 Å². The normalized spacial score (nSPS) is 13.5. The number of para-hydroxylation sites is 2. The highest BCUT2D eigenvalue weighted by Crippen LogP contribution is 2.32. The molecule has 0 bridgehead atoms. The smallest absolute Gasteiger partial charge is 0.243 e. The van der Waals surface area contributed by atoms with Gasteiger partial charge in [-0.2, -0.15) is 4.31 Å². The number of hydrogen-bond acceptors (Lipinski definition) is 4. The number of sulfonamides is 1. The van der Waals surface area contributed by atoms with Crippen molar-refractivity contribution in [2.75, 3.05) is 24.6 Å². The van der Waals surface area contributed by atoms with Crippen molar-refractivity contribution in [2.45, 2.75) is 18.4 Å². The standard InChI is InChI=1S/C24H22Cl2N2O4S/c1-17-6-10-20(11-7-17)33(30,31)27(15-18-8-9-19(25)14-21(18)26)16-24(29)28-12-13-32-23-5-3-2-4-22(23)28/h2-11,14H,12-13,15-16H2,1H3. The molecule has 3 aromatic carbocycles. The number of anilines is 1. The van der Waals surface area contributed by atoms with Crippen LogP contribution < -0.4 is 9.64 Å². The van der Waals surface area contributed by atoms with Crippen molar-refractivity contribution >= 4 is 44.8 Å². The molecule has 0 saturated heterocycles. The fraction of sp³-hybridized carbons (Fsp3) is 0.208. The number of carbonyl (C=O) groups excluding carboxylic acids is 1. The molecular formula is C24H22Cl2N2O4S. The summed E-state index contributed by atoms with van der Waals surface area (Å²) in [6.07, 6.45) is 0. The first kappa shape index (κ1) is 23.6. The molecule has 0 fully saturated rings. The molecule has 6 nitrogen and oxygen atoms in total. The Morgan fingerprint density at radius 2 is 1.79 bits per heavy atom. The van der Waals surface area contributed by atoms with Crippen molar-refractivity contribution in [3.8, 4) is 5.75 Å². The van der Waals surface area contributed by atoms with Gasteiger partial charge in [-0.15, -0.1) is 0 Å². The molecule has 0 spiro atoms. The quantitative estimate of drug-likeness (QED) is 0.477. The van der Waals surface area contributed by atoms with Crippen LogP contribution in [0.2, 0.25) is 10.0 Å². The number of nitrogens with zero attached hydrogens (tertiary/aromatic N) is 2. The molecule has 1 amide bonds. The minimum Gasteiger partial charge on any atom is -0.490 e. The van der Waals surface area contributed by atoms with E-state index in [1.807, 2.05) is 19.1 Å². The molecule has 0 radical (unpaired) electrons. The van der Waals surface area contributed by atoms with Gasteiger partial charge >= 0.3 is 0 Å². The van der Waals surface area contributed by atoms with Crippen molar-refractivity contribution in [3.05, 3.63) is 87.9 Å². The van der Waals surface area contributed by atoms with Gasteiger partial charge in [-0.05, 0) is 48.9 Å². The maximum atomic E-state index is 13.6. The van der Waals surface area contributed by atoms with Crippen LogP contribution in [0, 0.1) is 6.92 Å². The molecule has 0 unspecified atom stereocenters.